The lowest BCUT2D eigenvalue weighted by atomic mass is 10.0. The van der Waals surface area contributed by atoms with Crippen molar-refractivity contribution in [2.45, 2.75) is 6.42 Å². The smallest absolute Gasteiger partial charge is 0.257 e. The molecule has 1 saturated heterocycles. The van der Waals surface area contributed by atoms with Gasteiger partial charge in [0, 0.05) is 29.6 Å². The summed E-state index contributed by atoms with van der Waals surface area (Å²) in [7, 11) is 1.84. The minimum absolute atomic E-state index is 0.357. The molecule has 1 unspecified atom stereocenters. The lowest BCUT2D eigenvalue weighted by molar-refractivity contribution is 0.598. The molecule has 3 aromatic carbocycles. The van der Waals surface area contributed by atoms with Gasteiger partial charge in [-0.05, 0) is 59.7 Å². The van der Waals surface area contributed by atoms with Gasteiger partial charge in [-0.2, -0.15) is 9.29 Å². The fourth-order valence-corrected chi connectivity index (χ4v) is 5.90. The zero-order valence-electron chi connectivity index (χ0n) is 18.7. The predicted molar refractivity (Wildman–Crippen MR) is 138 cm³/mol. The molecule has 0 radical (unpaired) electrons. The first-order chi connectivity index (χ1) is 17.0. The Morgan fingerprint density at radius 3 is 2.66 bits per heavy atom. The number of anilines is 3. The van der Waals surface area contributed by atoms with E-state index in [-0.39, 0.29) is 5.82 Å². The number of rotatable bonds is 4. The summed E-state index contributed by atoms with van der Waals surface area (Å²) in [4.78, 5) is 6.51. The van der Waals surface area contributed by atoms with Crippen molar-refractivity contribution >= 4 is 56.8 Å². The van der Waals surface area contributed by atoms with Crippen LogP contribution in [0.25, 0.3) is 27.8 Å². The number of halogens is 2. The highest BCUT2D eigenvalue weighted by molar-refractivity contribution is 7.93. The van der Waals surface area contributed by atoms with Crippen molar-refractivity contribution in [3.8, 4) is 11.1 Å². The molecule has 1 atom stereocenters. The largest absolute Gasteiger partial charge is 0.593 e. The molecule has 0 aliphatic carbocycles. The molecule has 6 rings (SSSR count). The number of nitrogens with zero attached hydrogens (tertiary/aromatic N) is 6. The fraction of sp³-hybridized carbons (Fsp3) is 0.160. The fourth-order valence-electron chi connectivity index (χ4n) is 4.45. The Balaban J connectivity index is 1.40. The third-order valence-electron chi connectivity index (χ3n) is 6.20. The molecule has 3 heterocycles. The van der Waals surface area contributed by atoms with Crippen molar-refractivity contribution in [2.75, 3.05) is 28.6 Å². The Kier molecular flexibility index (Phi) is 5.47. The predicted octanol–water partition coefficient (Wildman–Crippen LogP) is 5.38. The van der Waals surface area contributed by atoms with Gasteiger partial charge in [0.2, 0.25) is 0 Å². The van der Waals surface area contributed by atoms with Crippen LogP contribution in [0, 0.1) is 5.82 Å². The highest BCUT2D eigenvalue weighted by Gasteiger charge is 2.26. The first-order valence-corrected chi connectivity index (χ1v) is 12.7. The molecule has 1 aliphatic heterocycles. The van der Waals surface area contributed by atoms with Crippen LogP contribution < -0.4 is 9.21 Å². The zero-order valence-corrected chi connectivity index (χ0v) is 20.3. The van der Waals surface area contributed by atoms with Gasteiger partial charge in [-0.3, -0.25) is 4.40 Å². The molecule has 10 heteroatoms. The summed E-state index contributed by atoms with van der Waals surface area (Å²) in [5, 5.41) is 9.48. The molecule has 1 fully saturated rings. The summed E-state index contributed by atoms with van der Waals surface area (Å²) < 4.78 is 30.6. The quantitative estimate of drug-likeness (QED) is 0.305. The molecule has 0 saturated carbocycles. The minimum Gasteiger partial charge on any atom is -0.593 e. The van der Waals surface area contributed by atoms with Crippen LogP contribution in [0.3, 0.4) is 0 Å². The van der Waals surface area contributed by atoms with E-state index in [0.717, 1.165) is 40.7 Å². The molecular weight excluding hydrogens is 487 g/mol. The number of fused-ring (bicyclic) bond motifs is 3. The van der Waals surface area contributed by atoms with Gasteiger partial charge < -0.3 is 9.45 Å². The second kappa shape index (κ2) is 8.67. The Morgan fingerprint density at radius 1 is 1.06 bits per heavy atom. The molecule has 5 aromatic rings. The van der Waals surface area contributed by atoms with Gasteiger partial charge in [-0.15, -0.1) is 10.2 Å². The zero-order chi connectivity index (χ0) is 24.1. The summed E-state index contributed by atoms with van der Waals surface area (Å²) in [6.07, 6.45) is 2.51. The molecule has 1 aliphatic rings. The molecule has 0 bridgehead atoms. The Labute approximate surface area is 209 Å². The van der Waals surface area contributed by atoms with Crippen molar-refractivity contribution in [1.29, 1.82) is 0 Å². The van der Waals surface area contributed by atoms with Gasteiger partial charge in [-0.25, -0.2) is 4.39 Å². The van der Waals surface area contributed by atoms with E-state index in [0.29, 0.717) is 28.1 Å². The third kappa shape index (κ3) is 3.95. The lowest BCUT2D eigenvalue weighted by Gasteiger charge is -2.22. The van der Waals surface area contributed by atoms with Gasteiger partial charge in [-0.1, -0.05) is 23.7 Å². The van der Waals surface area contributed by atoms with E-state index >= 15 is 0 Å². The van der Waals surface area contributed by atoms with E-state index in [1.807, 2.05) is 58.7 Å². The van der Waals surface area contributed by atoms with E-state index < -0.39 is 11.4 Å². The third-order valence-corrected chi connectivity index (χ3v) is 7.96. The van der Waals surface area contributed by atoms with Crippen LogP contribution in [0.2, 0.25) is 5.02 Å². The van der Waals surface area contributed by atoms with Crippen molar-refractivity contribution in [3.05, 3.63) is 77.8 Å². The van der Waals surface area contributed by atoms with E-state index in [1.165, 1.54) is 12.1 Å². The second-order valence-corrected chi connectivity index (χ2v) is 10.3. The maximum absolute atomic E-state index is 14.8. The van der Waals surface area contributed by atoms with Crippen LogP contribution in [0.4, 0.5) is 21.6 Å². The highest BCUT2D eigenvalue weighted by Crippen LogP contribution is 2.35. The van der Waals surface area contributed by atoms with Crippen molar-refractivity contribution in [3.63, 3.8) is 0 Å². The maximum Gasteiger partial charge on any atom is 0.257 e. The molecule has 0 N–H and O–H groups in total. The van der Waals surface area contributed by atoms with E-state index in [4.69, 9.17) is 11.6 Å². The molecule has 7 nitrogen and oxygen atoms in total. The second-order valence-electron chi connectivity index (χ2n) is 8.38. The molecule has 0 amide bonds. The van der Waals surface area contributed by atoms with Crippen LogP contribution in [0.15, 0.2) is 67.0 Å². The maximum atomic E-state index is 14.8. The monoisotopic (exact) mass is 506 g/mol. The van der Waals surface area contributed by atoms with Crippen molar-refractivity contribution in [2.24, 2.45) is 0 Å². The first kappa shape index (κ1) is 22.1. The van der Waals surface area contributed by atoms with Crippen LogP contribution in [-0.2, 0) is 11.4 Å². The normalized spacial score (nSPS) is 15.9. The Hall–Kier alpha value is -3.40. The Bertz CT molecular complexity index is 1560. The van der Waals surface area contributed by atoms with E-state index in [2.05, 4.69) is 15.2 Å². The van der Waals surface area contributed by atoms with Gasteiger partial charge in [0.15, 0.2) is 0 Å². The number of aromatic nitrogens is 4. The van der Waals surface area contributed by atoms with Crippen molar-refractivity contribution < 1.29 is 8.94 Å². The van der Waals surface area contributed by atoms with Crippen LogP contribution in [-0.4, -0.2) is 43.5 Å². The number of hydrogen-bond acceptors (Lipinski definition) is 6. The molecule has 35 heavy (non-hydrogen) atoms. The van der Waals surface area contributed by atoms with Crippen LogP contribution >= 0.6 is 11.6 Å². The van der Waals surface area contributed by atoms with Gasteiger partial charge in [0.25, 0.3) is 5.78 Å². The lowest BCUT2D eigenvalue weighted by Crippen LogP contribution is -2.24. The molecule has 176 valence electrons. The Morgan fingerprint density at radius 2 is 1.89 bits per heavy atom. The SMILES string of the molecule is CN(c1cc(F)cc(-c2ccc(N3CCC[S+]3[O-])cc2)c1)c1nc2nncn2c2cc(Cl)ccc12. The van der Waals surface area contributed by atoms with E-state index in [9.17, 15) is 8.94 Å². The number of benzene rings is 3. The molecule has 0 spiro atoms. The molecular formula is C25H20ClFN6OS. The summed E-state index contributed by atoms with van der Waals surface area (Å²) in [6, 6.07) is 18.2. The van der Waals surface area contributed by atoms with Crippen LogP contribution in [0.5, 0.6) is 0 Å². The standard InChI is InChI=1S/C25H20ClFN6OS/c1-31(24-22-8-5-18(26)13-23(22)32-15-28-30-25(32)29-24)21-12-17(11-19(27)14-21)16-3-6-20(7-4-16)33-9-2-10-35(33)34/h3-8,11-15H,2,9-10H2,1H3. The average molecular weight is 507 g/mol. The van der Waals surface area contributed by atoms with Gasteiger partial charge in [0.1, 0.15) is 23.7 Å². The minimum atomic E-state index is -0.978. The van der Waals surface area contributed by atoms with Crippen molar-refractivity contribution in [1.82, 2.24) is 19.6 Å². The highest BCUT2D eigenvalue weighted by atomic mass is 35.5. The van der Waals surface area contributed by atoms with E-state index in [1.54, 1.807) is 16.8 Å². The summed E-state index contributed by atoms with van der Waals surface area (Å²) >= 11 is 5.27. The topological polar surface area (TPSA) is 72.6 Å². The molecule has 2 aromatic heterocycles. The van der Waals surface area contributed by atoms with Crippen LogP contribution in [0.1, 0.15) is 6.42 Å². The first-order valence-electron chi connectivity index (χ1n) is 11.1. The van der Waals surface area contributed by atoms with Gasteiger partial charge >= 0.3 is 0 Å². The summed E-state index contributed by atoms with van der Waals surface area (Å²) in [5.41, 5.74) is 3.95. The number of hydrogen-bond donors (Lipinski definition) is 0. The summed E-state index contributed by atoms with van der Waals surface area (Å²) in [5.74, 6) is 1.37. The average Bonchev–Trinajstić information content (AvgIpc) is 3.51. The van der Waals surface area contributed by atoms with Gasteiger partial charge in [0.05, 0.1) is 29.1 Å². The summed E-state index contributed by atoms with van der Waals surface area (Å²) in [6.45, 7) is 0.781.